The summed E-state index contributed by atoms with van der Waals surface area (Å²) in [4.78, 5) is 12.3. The number of nitrogens with one attached hydrogen (secondary N) is 2. The quantitative estimate of drug-likeness (QED) is 0.706. The lowest BCUT2D eigenvalue weighted by molar-refractivity contribution is 0.0730. The molecule has 1 heterocycles. The summed E-state index contributed by atoms with van der Waals surface area (Å²) in [6.07, 6.45) is 0. The van der Waals surface area contributed by atoms with Crippen LogP contribution in [0.25, 0.3) is 0 Å². The number of amides is 2. The van der Waals surface area contributed by atoms with Gasteiger partial charge in [-0.15, -0.1) is 0 Å². The Balaban J connectivity index is 1.76. The first-order valence-electron chi connectivity index (χ1n) is 8.07. The van der Waals surface area contributed by atoms with Crippen molar-refractivity contribution in [3.8, 4) is 0 Å². The topological polar surface area (TPSA) is 87.7 Å². The van der Waals surface area contributed by atoms with Crippen molar-refractivity contribution in [2.24, 2.45) is 0 Å². The Hall–Kier alpha value is -1.65. The predicted molar refractivity (Wildman–Crippen MR) is 108 cm³/mol. The average molecular weight is 475 g/mol. The molecular weight excluding hydrogens is 458 g/mol. The van der Waals surface area contributed by atoms with Gasteiger partial charge in [0.25, 0.3) is 0 Å². The Kier molecular flexibility index (Phi) is 6.38. The van der Waals surface area contributed by atoms with Crippen LogP contribution >= 0.6 is 27.5 Å². The largest absolute Gasteiger partial charge is 0.379 e. The Morgan fingerprint density at radius 2 is 1.74 bits per heavy atom. The van der Waals surface area contributed by atoms with Gasteiger partial charge in [-0.05, 0) is 42.5 Å². The van der Waals surface area contributed by atoms with E-state index in [2.05, 4.69) is 26.6 Å². The van der Waals surface area contributed by atoms with Crippen LogP contribution in [0.1, 0.15) is 0 Å². The maximum Gasteiger partial charge on any atom is 0.323 e. The van der Waals surface area contributed by atoms with E-state index in [-0.39, 0.29) is 28.7 Å². The lowest BCUT2D eigenvalue weighted by Gasteiger charge is -2.26. The summed E-state index contributed by atoms with van der Waals surface area (Å²) in [6.45, 7) is 1.29. The highest BCUT2D eigenvalue weighted by molar-refractivity contribution is 9.10. The summed E-state index contributed by atoms with van der Waals surface area (Å²) < 4.78 is 32.9. The lowest BCUT2D eigenvalue weighted by Crippen LogP contribution is -2.40. The molecule has 10 heteroatoms. The number of halogens is 2. The molecule has 0 spiro atoms. The molecule has 0 unspecified atom stereocenters. The highest BCUT2D eigenvalue weighted by atomic mass is 79.9. The second-order valence-corrected chi connectivity index (χ2v) is 9.00. The summed E-state index contributed by atoms with van der Waals surface area (Å²) in [7, 11) is -3.68. The zero-order valence-electron chi connectivity index (χ0n) is 14.1. The normalized spacial score (nSPS) is 15.3. The third-order valence-electron chi connectivity index (χ3n) is 3.90. The molecule has 0 aliphatic carbocycles. The molecular formula is C17H17BrClN3O4S. The van der Waals surface area contributed by atoms with E-state index >= 15 is 0 Å². The molecule has 2 N–H and O–H groups in total. The van der Waals surface area contributed by atoms with Crippen molar-refractivity contribution in [3.05, 3.63) is 52.0 Å². The van der Waals surface area contributed by atoms with E-state index in [4.69, 9.17) is 16.3 Å². The first kappa shape index (κ1) is 20.1. The molecule has 27 heavy (non-hydrogen) atoms. The van der Waals surface area contributed by atoms with Crippen molar-refractivity contribution in [2.45, 2.75) is 4.90 Å². The van der Waals surface area contributed by atoms with E-state index in [0.29, 0.717) is 18.9 Å². The maximum absolute atomic E-state index is 12.8. The molecule has 3 rings (SSSR count). The van der Waals surface area contributed by atoms with Gasteiger partial charge in [0.05, 0.1) is 28.8 Å². The summed E-state index contributed by atoms with van der Waals surface area (Å²) in [5.41, 5.74) is 0.796. The predicted octanol–water partition coefficient (Wildman–Crippen LogP) is 3.77. The highest BCUT2D eigenvalue weighted by Gasteiger charge is 2.27. The number of sulfonamides is 1. The molecule has 1 aliphatic rings. The molecule has 2 aromatic rings. The third-order valence-corrected chi connectivity index (χ3v) is 6.65. The number of urea groups is 1. The smallest absolute Gasteiger partial charge is 0.323 e. The number of hydrogen-bond donors (Lipinski definition) is 2. The van der Waals surface area contributed by atoms with Gasteiger partial charge < -0.3 is 15.4 Å². The number of nitrogens with zero attached hydrogens (tertiary/aromatic N) is 1. The molecule has 2 amide bonds. The van der Waals surface area contributed by atoms with Crippen molar-refractivity contribution < 1.29 is 17.9 Å². The van der Waals surface area contributed by atoms with Gasteiger partial charge in [-0.2, -0.15) is 4.31 Å². The van der Waals surface area contributed by atoms with Crippen LogP contribution in [0.15, 0.2) is 51.8 Å². The van der Waals surface area contributed by atoms with E-state index in [1.165, 1.54) is 22.5 Å². The van der Waals surface area contributed by atoms with Crippen molar-refractivity contribution >= 4 is 55.0 Å². The molecule has 1 saturated heterocycles. The van der Waals surface area contributed by atoms with Gasteiger partial charge in [-0.3, -0.25) is 0 Å². The molecule has 2 aromatic carbocycles. The van der Waals surface area contributed by atoms with Crippen LogP contribution in [-0.4, -0.2) is 45.1 Å². The molecule has 144 valence electrons. The van der Waals surface area contributed by atoms with Crippen LogP contribution in [0.4, 0.5) is 16.2 Å². The number of benzene rings is 2. The van der Waals surface area contributed by atoms with E-state index in [9.17, 15) is 13.2 Å². The van der Waals surface area contributed by atoms with Crippen LogP contribution in [-0.2, 0) is 14.8 Å². The summed E-state index contributed by atoms with van der Waals surface area (Å²) in [5, 5.41) is 5.49. The van der Waals surface area contributed by atoms with Crippen molar-refractivity contribution in [2.75, 3.05) is 36.9 Å². The van der Waals surface area contributed by atoms with Crippen molar-refractivity contribution in [1.82, 2.24) is 4.31 Å². The highest BCUT2D eigenvalue weighted by Crippen LogP contribution is 2.27. The SMILES string of the molecule is O=C(Nc1ccc(Br)cc1)Nc1cc(S(=O)(=O)N2CCOCC2)ccc1Cl. The number of hydrogen-bond acceptors (Lipinski definition) is 4. The van der Waals surface area contributed by atoms with Crippen LogP contribution in [0, 0.1) is 0 Å². The van der Waals surface area contributed by atoms with Gasteiger partial charge in [-0.1, -0.05) is 27.5 Å². The van der Waals surface area contributed by atoms with E-state index < -0.39 is 16.1 Å². The standard InChI is InChI=1S/C17H17BrClN3O4S/c18-12-1-3-13(4-2-12)20-17(23)21-16-11-14(5-6-15(16)19)27(24,25)22-7-9-26-10-8-22/h1-6,11H,7-10H2,(H2,20,21,23). The fourth-order valence-corrected chi connectivity index (χ4v) is 4.38. The van der Waals surface area contributed by atoms with E-state index in [1.54, 1.807) is 24.3 Å². The fraction of sp³-hybridized carbons (Fsp3) is 0.235. The molecule has 1 fully saturated rings. The van der Waals surface area contributed by atoms with Crippen LogP contribution in [0.3, 0.4) is 0 Å². The van der Waals surface area contributed by atoms with Gasteiger partial charge in [0, 0.05) is 23.2 Å². The van der Waals surface area contributed by atoms with Crippen molar-refractivity contribution in [3.63, 3.8) is 0 Å². The Morgan fingerprint density at radius 3 is 2.41 bits per heavy atom. The number of carbonyl (C=O) groups is 1. The van der Waals surface area contributed by atoms with Gasteiger partial charge in [0.2, 0.25) is 10.0 Å². The Labute approximate surface area is 170 Å². The molecule has 0 radical (unpaired) electrons. The molecule has 0 atom stereocenters. The summed E-state index contributed by atoms with van der Waals surface area (Å²) in [6, 6.07) is 10.7. The van der Waals surface area contributed by atoms with Crippen LogP contribution in [0.5, 0.6) is 0 Å². The van der Waals surface area contributed by atoms with Crippen LogP contribution in [0.2, 0.25) is 5.02 Å². The zero-order chi connectivity index (χ0) is 19.4. The van der Waals surface area contributed by atoms with Gasteiger partial charge in [0.15, 0.2) is 0 Å². The second kappa shape index (κ2) is 8.57. The fourth-order valence-electron chi connectivity index (χ4n) is 2.51. The number of morpholine rings is 1. The van der Waals surface area contributed by atoms with E-state index in [0.717, 1.165) is 4.47 Å². The first-order chi connectivity index (χ1) is 12.9. The van der Waals surface area contributed by atoms with Gasteiger partial charge in [-0.25, -0.2) is 13.2 Å². The maximum atomic E-state index is 12.8. The number of rotatable bonds is 4. The van der Waals surface area contributed by atoms with E-state index in [1.807, 2.05) is 0 Å². The summed E-state index contributed by atoms with van der Waals surface area (Å²) >= 11 is 9.44. The first-order valence-corrected chi connectivity index (χ1v) is 10.7. The minimum Gasteiger partial charge on any atom is -0.379 e. The minimum absolute atomic E-state index is 0.0627. The van der Waals surface area contributed by atoms with Gasteiger partial charge in [0.1, 0.15) is 0 Å². The average Bonchev–Trinajstić information content (AvgIpc) is 2.66. The second-order valence-electron chi connectivity index (χ2n) is 5.74. The molecule has 0 saturated carbocycles. The minimum atomic E-state index is -3.68. The third kappa shape index (κ3) is 4.99. The Morgan fingerprint density at radius 1 is 1.07 bits per heavy atom. The number of ether oxygens (including phenoxy) is 1. The monoisotopic (exact) mass is 473 g/mol. The molecule has 0 aromatic heterocycles. The molecule has 7 nitrogen and oxygen atoms in total. The Bertz CT molecular complexity index is 932. The molecule has 1 aliphatic heterocycles. The number of carbonyl (C=O) groups excluding carboxylic acids is 1. The lowest BCUT2D eigenvalue weighted by atomic mass is 10.3. The zero-order valence-corrected chi connectivity index (χ0v) is 17.3. The van der Waals surface area contributed by atoms with Crippen LogP contribution < -0.4 is 10.6 Å². The number of anilines is 2. The summed E-state index contributed by atoms with van der Waals surface area (Å²) in [5.74, 6) is 0. The van der Waals surface area contributed by atoms with Gasteiger partial charge >= 0.3 is 6.03 Å². The van der Waals surface area contributed by atoms with Crippen molar-refractivity contribution in [1.29, 1.82) is 0 Å². The molecule has 0 bridgehead atoms.